The molecule has 8 bridgehead atoms. The number of aromatic nitrogens is 2. The van der Waals surface area contributed by atoms with Crippen LogP contribution in [0.3, 0.4) is 0 Å². The number of aliphatic hydroxyl groups excluding tert-OH is 1. The van der Waals surface area contributed by atoms with Crippen molar-refractivity contribution in [3.8, 4) is 0 Å². The fourth-order valence-electron chi connectivity index (χ4n) is 9.72. The Balaban J connectivity index is 0.00000683. The van der Waals surface area contributed by atoms with Gasteiger partial charge in [-0.15, -0.1) is 22.4 Å². The Morgan fingerprint density at radius 3 is 2.25 bits per heavy atom. The maximum atomic E-state index is 13.6. The summed E-state index contributed by atoms with van der Waals surface area (Å²) in [6, 6.07) is -0.611. The zero-order valence-corrected chi connectivity index (χ0v) is 39.0. The number of fused-ring (bicyclic) bond motifs is 8. The van der Waals surface area contributed by atoms with E-state index in [1.165, 1.54) is 32.8 Å². The van der Waals surface area contributed by atoms with Crippen LogP contribution in [0.15, 0.2) is 29.2 Å². The number of carbonyl (C=O) groups is 3. The molecule has 1 N–H and O–H groups in total. The average molecular weight is 829 g/mol. The number of hydrogen-bond acceptors (Lipinski definition) is 6. The summed E-state index contributed by atoms with van der Waals surface area (Å²) in [5.41, 5.74) is 6.96. The molecule has 0 amide bonds. The summed E-state index contributed by atoms with van der Waals surface area (Å²) in [6.45, 7) is 18.8. The summed E-state index contributed by atoms with van der Waals surface area (Å²) in [6.07, 6.45) is 18.4. The molecular formula is C49H64MgN4O6-2. The van der Waals surface area contributed by atoms with Gasteiger partial charge in [-0.1, -0.05) is 127 Å². The molecule has 11 heteroatoms. The molecule has 1 unspecified atom stereocenters. The maximum absolute atomic E-state index is 13.6. The molecule has 6 rings (SSSR count). The molecule has 7 atom stereocenters. The first kappa shape index (κ1) is 47.1. The van der Waals surface area contributed by atoms with Crippen LogP contribution in [0, 0.1) is 55.3 Å². The number of ketones is 1. The third kappa shape index (κ3) is 9.72. The van der Waals surface area contributed by atoms with E-state index in [9.17, 15) is 19.5 Å². The molecule has 0 spiro atoms. The van der Waals surface area contributed by atoms with E-state index in [1.54, 1.807) is 6.92 Å². The molecule has 1 aliphatic carbocycles. The van der Waals surface area contributed by atoms with Crippen LogP contribution < -0.4 is 20.5 Å². The van der Waals surface area contributed by atoms with Gasteiger partial charge in [0.2, 0.25) is 0 Å². The van der Waals surface area contributed by atoms with E-state index >= 15 is 0 Å². The number of esters is 2. The average Bonchev–Trinajstić information content (AvgIpc) is 3.93. The Labute approximate surface area is 373 Å². The van der Waals surface area contributed by atoms with E-state index in [1.807, 2.05) is 38.2 Å². The van der Waals surface area contributed by atoms with Crippen LogP contribution in [0.25, 0.3) is 40.2 Å². The van der Waals surface area contributed by atoms with Crippen molar-refractivity contribution in [2.75, 3.05) is 13.7 Å². The van der Waals surface area contributed by atoms with Gasteiger partial charge < -0.3 is 35.2 Å². The Hall–Kier alpha value is -3.96. The Bertz CT molecular complexity index is 2190. The molecule has 4 aliphatic rings. The minimum atomic E-state index is -1.09. The van der Waals surface area contributed by atoms with Crippen LogP contribution in [0.2, 0.25) is 0 Å². The van der Waals surface area contributed by atoms with Crippen molar-refractivity contribution in [1.29, 1.82) is 0 Å². The van der Waals surface area contributed by atoms with Gasteiger partial charge in [-0.05, 0) is 75.5 Å². The van der Waals surface area contributed by atoms with Crippen LogP contribution in [0.4, 0.5) is 0 Å². The quantitative estimate of drug-likeness (QED) is 0.0580. The van der Waals surface area contributed by atoms with Crippen LogP contribution in [0.1, 0.15) is 145 Å². The van der Waals surface area contributed by atoms with Gasteiger partial charge in [0.1, 0.15) is 18.3 Å². The normalized spacial score (nSPS) is 26.1. The van der Waals surface area contributed by atoms with E-state index in [-0.39, 0.29) is 77.3 Å². The molecular weight excluding hydrogens is 765 g/mol. The summed E-state index contributed by atoms with van der Waals surface area (Å²) in [4.78, 5) is 50.1. The van der Waals surface area contributed by atoms with E-state index in [0.717, 1.165) is 59.3 Å². The first-order valence-corrected chi connectivity index (χ1v) is 21.9. The maximum Gasteiger partial charge on any atom is 2.00 e. The molecule has 5 heterocycles. The SMILES string of the molecule is CC[C@H]1/C2=C/c3[n-]c4c(c3C)=C(O)[C@H](C(=O)OC)C=4C3[N-]/C(=C/c4[n-]c(c(C(C)=O)c4C)/C=C(\[N-]2)[C@@H]1C)[C@@H](C)[C@@H]3CCC(=O)OC/C=C/CCC[C@H](C)CCCC(C)C.[Mg+2]. The van der Waals surface area contributed by atoms with E-state index in [0.29, 0.717) is 45.2 Å². The number of nitrogens with zero attached hydrogens (tertiary/aromatic N) is 4. The number of aliphatic hydroxyl groups is 1. The minimum Gasteiger partial charge on any atom is -0.681 e. The first-order chi connectivity index (χ1) is 28.2. The monoisotopic (exact) mass is 828 g/mol. The summed E-state index contributed by atoms with van der Waals surface area (Å²) in [5, 5.41) is 23.3. The first-order valence-electron chi connectivity index (χ1n) is 21.9. The standard InChI is InChI=1S/C49H65N4O6.Mg/c1-11-33-28(5)35-25-40-42(32(9)54)30(7)37(51-40)23-36-29(6)34(20-21-41(55)59-22-15-13-12-14-18-27(4)19-16-17-26(2)3)46(52-36)44-45(49(57)58-10)48(56)43-31(8)38(53-47(43)44)24-39(33)50-35;/h13,15,23-29,33-34,45-46H,11-12,14,16-22H2,1-10H3,(H2-,50,51,54,56);/q-3;+2/p-1/b15-13+,36-23+,39-24-;/t27-,28+,29-,33+,34-,45+,46?;/m0./s1. The van der Waals surface area contributed by atoms with Crippen LogP contribution >= 0.6 is 0 Å². The van der Waals surface area contributed by atoms with E-state index < -0.39 is 17.9 Å². The van der Waals surface area contributed by atoms with E-state index in [4.69, 9.17) is 30.1 Å². The number of hydrogen-bond donors (Lipinski definition) is 1. The van der Waals surface area contributed by atoms with Crippen molar-refractivity contribution < 1.29 is 29.0 Å². The molecule has 0 saturated carbocycles. The van der Waals surface area contributed by atoms with Crippen molar-refractivity contribution in [3.05, 3.63) is 84.2 Å². The van der Waals surface area contributed by atoms with Crippen LogP contribution in [-0.4, -0.2) is 65.6 Å². The molecule has 0 radical (unpaired) electrons. The third-order valence-corrected chi connectivity index (χ3v) is 13.2. The summed E-state index contributed by atoms with van der Waals surface area (Å²) in [5.74, 6) is -0.946. The summed E-state index contributed by atoms with van der Waals surface area (Å²) in [7, 11) is 1.31. The molecule has 2 aromatic heterocycles. The minimum absolute atomic E-state index is 0. The van der Waals surface area contributed by atoms with Crippen LogP contribution in [-0.2, 0) is 19.1 Å². The topological polar surface area (TPSA) is 146 Å². The zero-order valence-electron chi connectivity index (χ0n) is 37.6. The molecule has 10 nitrogen and oxygen atoms in total. The number of ether oxygens (including phenoxy) is 2. The molecule has 3 aliphatic heterocycles. The fraction of sp³-hybridized carbons (Fsp3) is 0.571. The van der Waals surface area contributed by atoms with Gasteiger partial charge in [0, 0.05) is 17.2 Å². The van der Waals surface area contributed by atoms with Gasteiger partial charge in [0.15, 0.2) is 5.78 Å². The smallest absolute Gasteiger partial charge is 0.681 e. The largest absolute Gasteiger partial charge is 2.00 e. The molecule has 2 saturated heterocycles. The number of Topliss-reactive ketones (excluding diaryl/α,β-unsaturated/α-hetero) is 1. The number of rotatable bonds is 16. The molecule has 60 heavy (non-hydrogen) atoms. The second kappa shape index (κ2) is 20.3. The van der Waals surface area contributed by atoms with Crippen molar-refractivity contribution in [2.24, 2.45) is 41.4 Å². The molecule has 2 fully saturated rings. The molecule has 0 aromatic carbocycles. The van der Waals surface area contributed by atoms with Gasteiger partial charge in [0.05, 0.1) is 7.11 Å². The summed E-state index contributed by atoms with van der Waals surface area (Å²) >= 11 is 0. The van der Waals surface area contributed by atoms with Gasteiger partial charge >= 0.3 is 35.0 Å². The number of allylic oxidation sites excluding steroid dienone is 4. The second-order valence-corrected chi connectivity index (χ2v) is 17.8. The van der Waals surface area contributed by atoms with Gasteiger partial charge in [-0.3, -0.25) is 14.4 Å². The van der Waals surface area contributed by atoms with Crippen molar-refractivity contribution in [2.45, 2.75) is 126 Å². The Morgan fingerprint density at radius 1 is 0.883 bits per heavy atom. The molecule has 2 aromatic rings. The summed E-state index contributed by atoms with van der Waals surface area (Å²) < 4.78 is 11.0. The van der Waals surface area contributed by atoms with E-state index in [2.05, 4.69) is 47.6 Å². The van der Waals surface area contributed by atoms with Gasteiger partial charge in [-0.2, -0.15) is 17.1 Å². The fourth-order valence-corrected chi connectivity index (χ4v) is 9.72. The predicted molar refractivity (Wildman–Crippen MR) is 240 cm³/mol. The van der Waals surface area contributed by atoms with Gasteiger partial charge in [-0.25, -0.2) is 0 Å². The Morgan fingerprint density at radius 2 is 1.57 bits per heavy atom. The van der Waals surface area contributed by atoms with Crippen LogP contribution in [0.5, 0.6) is 0 Å². The number of unbranched alkanes of at least 4 members (excludes halogenated alkanes) is 1. The van der Waals surface area contributed by atoms with Gasteiger partial charge in [0.25, 0.3) is 0 Å². The number of carbonyl (C=O) groups excluding carboxylic acids is 3. The third-order valence-electron chi connectivity index (χ3n) is 13.2. The van der Waals surface area contributed by atoms with Crippen molar-refractivity contribution in [3.63, 3.8) is 0 Å². The van der Waals surface area contributed by atoms with Crippen molar-refractivity contribution >= 4 is 70.3 Å². The zero-order chi connectivity index (χ0) is 42.7. The second-order valence-electron chi connectivity index (χ2n) is 17.8. The Kier molecular flexibility index (Phi) is 15.9. The molecule has 320 valence electrons. The predicted octanol–water partition coefficient (Wildman–Crippen LogP) is 8.97. The van der Waals surface area contributed by atoms with Crippen molar-refractivity contribution in [1.82, 2.24) is 9.97 Å². The number of methoxy groups -OCH3 is 1.